The molecule has 0 fully saturated rings. The second kappa shape index (κ2) is 5.89. The first-order chi connectivity index (χ1) is 8.72. The van der Waals surface area contributed by atoms with Gasteiger partial charge in [-0.05, 0) is 49.1 Å². The zero-order chi connectivity index (χ0) is 13.0. The second-order valence-corrected chi connectivity index (χ2v) is 4.71. The number of hydrogen-bond acceptors (Lipinski definition) is 4. The molecule has 0 amide bonds. The summed E-state index contributed by atoms with van der Waals surface area (Å²) in [6.45, 7) is 1.86. The molecular weight excluding hydrogens is 246 g/mol. The average Bonchev–Trinajstić information content (AvgIpc) is 2.40. The van der Waals surface area contributed by atoms with E-state index in [4.69, 9.17) is 9.84 Å². The van der Waals surface area contributed by atoms with E-state index in [9.17, 15) is 0 Å². The molecule has 0 atom stereocenters. The van der Waals surface area contributed by atoms with Crippen LogP contribution in [0.2, 0.25) is 0 Å². The van der Waals surface area contributed by atoms with Gasteiger partial charge in [-0.15, -0.1) is 11.8 Å². The molecule has 3 nitrogen and oxygen atoms in total. The summed E-state index contributed by atoms with van der Waals surface area (Å²) in [4.78, 5) is 5.49. The van der Waals surface area contributed by atoms with Crippen molar-refractivity contribution in [3.8, 4) is 11.6 Å². The van der Waals surface area contributed by atoms with Crippen LogP contribution < -0.4 is 4.74 Å². The molecule has 0 radical (unpaired) electrons. The first-order valence-electron chi connectivity index (χ1n) is 5.62. The van der Waals surface area contributed by atoms with Crippen molar-refractivity contribution in [3.05, 3.63) is 47.7 Å². The number of nitrogens with zero attached hydrogens (tertiary/aromatic N) is 1. The van der Waals surface area contributed by atoms with Gasteiger partial charge in [0.25, 0.3) is 0 Å². The molecule has 2 rings (SSSR count). The molecule has 0 aliphatic rings. The van der Waals surface area contributed by atoms with Gasteiger partial charge >= 0.3 is 0 Å². The molecule has 1 heterocycles. The summed E-state index contributed by atoms with van der Waals surface area (Å²) in [5.41, 5.74) is 1.61. The largest absolute Gasteiger partial charge is 0.439 e. The molecule has 0 spiro atoms. The minimum Gasteiger partial charge on any atom is -0.439 e. The number of pyridine rings is 1. The quantitative estimate of drug-likeness (QED) is 0.857. The lowest BCUT2D eigenvalue weighted by atomic mass is 10.2. The van der Waals surface area contributed by atoms with Gasteiger partial charge in [0.2, 0.25) is 5.88 Å². The maximum atomic E-state index is 9.07. The number of aromatic nitrogens is 1. The van der Waals surface area contributed by atoms with Crippen LogP contribution in [-0.4, -0.2) is 16.3 Å². The van der Waals surface area contributed by atoms with E-state index in [-0.39, 0.29) is 6.61 Å². The minimum absolute atomic E-state index is 0.00152. The molecule has 0 saturated carbocycles. The second-order valence-electron chi connectivity index (χ2n) is 3.83. The van der Waals surface area contributed by atoms with Crippen LogP contribution >= 0.6 is 11.8 Å². The predicted octanol–water partition coefficient (Wildman–Crippen LogP) is 3.40. The number of thioether (sulfide) groups is 1. The molecule has 0 unspecified atom stereocenters. The highest BCUT2D eigenvalue weighted by molar-refractivity contribution is 7.98. The van der Waals surface area contributed by atoms with E-state index >= 15 is 0 Å². The molecule has 0 aliphatic carbocycles. The van der Waals surface area contributed by atoms with E-state index in [1.54, 1.807) is 17.8 Å². The fourth-order valence-corrected chi connectivity index (χ4v) is 1.96. The molecule has 4 heteroatoms. The van der Waals surface area contributed by atoms with E-state index in [0.29, 0.717) is 5.88 Å². The Morgan fingerprint density at radius 3 is 2.44 bits per heavy atom. The van der Waals surface area contributed by atoms with Gasteiger partial charge in [-0.3, -0.25) is 0 Å². The van der Waals surface area contributed by atoms with Crippen molar-refractivity contribution < 1.29 is 9.84 Å². The Morgan fingerprint density at radius 1 is 1.17 bits per heavy atom. The summed E-state index contributed by atoms with van der Waals surface area (Å²) in [6, 6.07) is 11.4. The highest BCUT2D eigenvalue weighted by Gasteiger charge is 2.03. The third kappa shape index (κ3) is 3.03. The van der Waals surface area contributed by atoms with Gasteiger partial charge in [-0.1, -0.05) is 0 Å². The number of ether oxygens (including phenoxy) is 1. The number of aliphatic hydroxyl groups is 1. The van der Waals surface area contributed by atoms with Gasteiger partial charge in [-0.2, -0.15) is 0 Å². The average molecular weight is 261 g/mol. The van der Waals surface area contributed by atoms with Gasteiger partial charge < -0.3 is 9.84 Å². The van der Waals surface area contributed by atoms with Gasteiger partial charge in [0, 0.05) is 16.7 Å². The minimum atomic E-state index is 0.00152. The summed E-state index contributed by atoms with van der Waals surface area (Å²) in [7, 11) is 0. The lowest BCUT2D eigenvalue weighted by molar-refractivity contribution is 0.280. The number of benzene rings is 1. The van der Waals surface area contributed by atoms with Crippen LogP contribution in [-0.2, 0) is 6.61 Å². The van der Waals surface area contributed by atoms with Crippen molar-refractivity contribution in [3.63, 3.8) is 0 Å². The van der Waals surface area contributed by atoms with Gasteiger partial charge in [0.05, 0.1) is 6.61 Å². The summed E-state index contributed by atoms with van der Waals surface area (Å²) in [5.74, 6) is 1.30. The summed E-state index contributed by atoms with van der Waals surface area (Å²) < 4.78 is 5.66. The number of rotatable bonds is 4. The number of aryl methyl sites for hydroxylation is 1. The maximum absolute atomic E-state index is 9.07. The first-order valence-corrected chi connectivity index (χ1v) is 6.84. The first kappa shape index (κ1) is 12.9. The summed E-state index contributed by atoms with van der Waals surface area (Å²) in [5, 5.41) is 9.07. The molecule has 0 saturated heterocycles. The normalized spacial score (nSPS) is 10.4. The third-order valence-electron chi connectivity index (χ3n) is 2.62. The lowest BCUT2D eigenvalue weighted by Crippen LogP contribution is -1.95. The van der Waals surface area contributed by atoms with Gasteiger partial charge in [0.1, 0.15) is 5.75 Å². The Kier molecular flexibility index (Phi) is 4.23. The molecule has 94 valence electrons. The Balaban J connectivity index is 2.15. The number of hydrogen-bond donors (Lipinski definition) is 1. The van der Waals surface area contributed by atoms with E-state index < -0.39 is 0 Å². The Bertz CT molecular complexity index is 526. The monoisotopic (exact) mass is 261 g/mol. The zero-order valence-electron chi connectivity index (χ0n) is 10.4. The van der Waals surface area contributed by atoms with Crippen LogP contribution in [0, 0.1) is 6.92 Å². The van der Waals surface area contributed by atoms with Crippen LogP contribution in [0.15, 0.2) is 41.3 Å². The molecule has 18 heavy (non-hydrogen) atoms. The molecule has 1 N–H and O–H groups in total. The van der Waals surface area contributed by atoms with E-state index in [1.165, 1.54) is 4.90 Å². The Hall–Kier alpha value is -1.52. The Labute approximate surface area is 111 Å². The Morgan fingerprint density at radius 2 is 1.89 bits per heavy atom. The standard InChI is InChI=1S/C14H15NO2S/c1-10-11(9-16)3-8-14(15-10)17-12-4-6-13(18-2)7-5-12/h3-8,16H,9H2,1-2H3. The van der Waals surface area contributed by atoms with Crippen molar-refractivity contribution in [2.45, 2.75) is 18.4 Å². The SMILES string of the molecule is CSc1ccc(Oc2ccc(CO)c(C)n2)cc1. The van der Waals surface area contributed by atoms with Crippen molar-refractivity contribution in [1.82, 2.24) is 4.98 Å². The molecule has 0 bridgehead atoms. The third-order valence-corrected chi connectivity index (χ3v) is 3.37. The van der Waals surface area contributed by atoms with Gasteiger partial charge in [0.15, 0.2) is 0 Å². The van der Waals surface area contributed by atoms with Crippen LogP contribution in [0.4, 0.5) is 0 Å². The fourth-order valence-electron chi connectivity index (χ4n) is 1.56. The van der Waals surface area contributed by atoms with Gasteiger partial charge in [-0.25, -0.2) is 4.98 Å². The van der Waals surface area contributed by atoms with Crippen molar-refractivity contribution in [2.75, 3.05) is 6.26 Å². The van der Waals surface area contributed by atoms with E-state index in [2.05, 4.69) is 4.98 Å². The maximum Gasteiger partial charge on any atom is 0.219 e. The molecule has 1 aromatic carbocycles. The van der Waals surface area contributed by atoms with Crippen LogP contribution in [0.1, 0.15) is 11.3 Å². The number of aliphatic hydroxyl groups excluding tert-OH is 1. The molecule has 0 aliphatic heterocycles. The van der Waals surface area contributed by atoms with Crippen molar-refractivity contribution >= 4 is 11.8 Å². The zero-order valence-corrected chi connectivity index (χ0v) is 11.2. The summed E-state index contributed by atoms with van der Waals surface area (Å²) >= 11 is 1.69. The lowest BCUT2D eigenvalue weighted by Gasteiger charge is -2.07. The van der Waals surface area contributed by atoms with Crippen molar-refractivity contribution in [1.29, 1.82) is 0 Å². The topological polar surface area (TPSA) is 42.4 Å². The fraction of sp³-hybridized carbons (Fsp3) is 0.214. The van der Waals surface area contributed by atoms with Crippen LogP contribution in [0.25, 0.3) is 0 Å². The highest BCUT2D eigenvalue weighted by Crippen LogP contribution is 2.23. The smallest absolute Gasteiger partial charge is 0.219 e. The van der Waals surface area contributed by atoms with Crippen LogP contribution in [0.3, 0.4) is 0 Å². The predicted molar refractivity (Wildman–Crippen MR) is 73.2 cm³/mol. The van der Waals surface area contributed by atoms with E-state index in [0.717, 1.165) is 17.0 Å². The molecular formula is C14H15NO2S. The highest BCUT2D eigenvalue weighted by atomic mass is 32.2. The summed E-state index contributed by atoms with van der Waals surface area (Å²) in [6.07, 6.45) is 2.04. The molecule has 1 aromatic heterocycles. The van der Waals surface area contributed by atoms with E-state index in [1.807, 2.05) is 43.5 Å². The van der Waals surface area contributed by atoms with Crippen LogP contribution in [0.5, 0.6) is 11.6 Å². The van der Waals surface area contributed by atoms with Crippen molar-refractivity contribution in [2.24, 2.45) is 0 Å². The molecule has 2 aromatic rings.